The highest BCUT2D eigenvalue weighted by atomic mass is 32.2. The Morgan fingerprint density at radius 2 is 1.50 bits per heavy atom. The molecule has 0 saturated carbocycles. The van der Waals surface area contributed by atoms with Gasteiger partial charge in [0.15, 0.2) is 19.7 Å². The van der Waals surface area contributed by atoms with Crippen LogP contribution in [0.1, 0.15) is 0 Å². The minimum Gasteiger partial charge on any atom is -0.398 e. The lowest BCUT2D eigenvalue weighted by molar-refractivity contribution is 0.589. The fraction of sp³-hybridized carbons (Fsp3) is 0.167. The maximum atomic E-state index is 11.9. The first-order chi connectivity index (χ1) is 9.03. The molecule has 4 N–H and O–H groups in total. The van der Waals surface area contributed by atoms with Crippen LogP contribution in [0.4, 0.5) is 11.4 Å². The van der Waals surface area contributed by atoms with Crippen LogP contribution in [0, 0.1) is 0 Å². The fourth-order valence-corrected chi connectivity index (χ4v) is 4.71. The van der Waals surface area contributed by atoms with Gasteiger partial charge < -0.3 is 11.5 Å². The number of nitrogen functional groups attached to an aromatic ring is 2. The van der Waals surface area contributed by atoms with Crippen molar-refractivity contribution in [3.8, 4) is 0 Å². The average Bonchev–Trinajstić information content (AvgIpc) is 2.27. The van der Waals surface area contributed by atoms with Crippen molar-refractivity contribution in [2.75, 3.05) is 24.0 Å². The van der Waals surface area contributed by atoms with Crippen LogP contribution in [0.3, 0.4) is 0 Å². The molecule has 6 nitrogen and oxygen atoms in total. The van der Waals surface area contributed by atoms with Gasteiger partial charge in [-0.3, -0.25) is 0 Å². The Labute approximate surface area is 117 Å². The zero-order valence-corrected chi connectivity index (χ0v) is 12.5. The van der Waals surface area contributed by atoms with Gasteiger partial charge in [-0.2, -0.15) is 0 Å². The highest BCUT2D eigenvalue weighted by Crippen LogP contribution is 2.36. The second-order valence-corrected chi connectivity index (χ2v) is 8.54. The molecular weight excluding hydrogens is 300 g/mol. The second-order valence-electron chi connectivity index (χ2n) is 4.60. The van der Waals surface area contributed by atoms with Crippen molar-refractivity contribution in [1.29, 1.82) is 0 Å². The molecule has 0 aliphatic carbocycles. The molecule has 2 aromatic rings. The van der Waals surface area contributed by atoms with Crippen molar-refractivity contribution < 1.29 is 16.8 Å². The molecule has 0 heterocycles. The van der Waals surface area contributed by atoms with E-state index in [9.17, 15) is 16.8 Å². The van der Waals surface area contributed by atoms with Crippen molar-refractivity contribution >= 4 is 41.8 Å². The van der Waals surface area contributed by atoms with E-state index in [1.54, 1.807) is 18.2 Å². The summed E-state index contributed by atoms with van der Waals surface area (Å²) in [4.78, 5) is -0.707. The molecule has 2 aromatic carbocycles. The van der Waals surface area contributed by atoms with E-state index in [0.717, 1.165) is 12.5 Å². The lowest BCUT2D eigenvalue weighted by Crippen LogP contribution is -2.11. The largest absolute Gasteiger partial charge is 0.398 e. The molecule has 0 radical (unpaired) electrons. The summed E-state index contributed by atoms with van der Waals surface area (Å²) in [6.07, 6.45) is 1.85. The average molecular weight is 314 g/mol. The second kappa shape index (κ2) is 4.35. The lowest BCUT2D eigenvalue weighted by Gasteiger charge is -2.13. The van der Waals surface area contributed by atoms with E-state index in [-0.39, 0.29) is 15.5 Å². The predicted molar refractivity (Wildman–Crippen MR) is 79.0 cm³/mol. The van der Waals surface area contributed by atoms with Gasteiger partial charge >= 0.3 is 0 Å². The third kappa shape index (κ3) is 2.32. The van der Waals surface area contributed by atoms with Crippen LogP contribution in [0.15, 0.2) is 34.1 Å². The summed E-state index contributed by atoms with van der Waals surface area (Å²) < 4.78 is 47.4. The zero-order chi connectivity index (χ0) is 15.3. The number of nitrogens with two attached hydrogens (primary N) is 2. The number of hydrogen-bond donors (Lipinski definition) is 2. The topological polar surface area (TPSA) is 120 Å². The van der Waals surface area contributed by atoms with Crippen molar-refractivity contribution in [2.24, 2.45) is 0 Å². The molecule has 0 amide bonds. The van der Waals surface area contributed by atoms with E-state index < -0.39 is 19.7 Å². The Kier molecular flexibility index (Phi) is 3.18. The number of rotatable bonds is 2. The van der Waals surface area contributed by atoms with Gasteiger partial charge in [-0.25, -0.2) is 16.8 Å². The van der Waals surface area contributed by atoms with Gasteiger partial charge in [-0.05, 0) is 12.1 Å². The standard InChI is InChI=1S/C12H14N2O4S2/c1-19(15,16)10-6-8-7(4-3-5-9(8)13)11(14)12(10)20(2,17)18/h3-6H,13-14H2,1-2H3. The molecule has 0 fully saturated rings. The van der Waals surface area contributed by atoms with Gasteiger partial charge in [0.25, 0.3) is 0 Å². The molecule has 0 aromatic heterocycles. The van der Waals surface area contributed by atoms with E-state index >= 15 is 0 Å². The lowest BCUT2D eigenvalue weighted by atomic mass is 10.1. The summed E-state index contributed by atoms with van der Waals surface area (Å²) in [6.45, 7) is 0. The van der Waals surface area contributed by atoms with Crippen LogP contribution >= 0.6 is 0 Å². The van der Waals surface area contributed by atoms with E-state index in [0.29, 0.717) is 16.5 Å². The number of anilines is 2. The van der Waals surface area contributed by atoms with Crippen molar-refractivity contribution in [3.63, 3.8) is 0 Å². The van der Waals surface area contributed by atoms with Gasteiger partial charge in [-0.1, -0.05) is 12.1 Å². The number of benzene rings is 2. The Bertz CT molecular complexity index is 916. The minimum absolute atomic E-state index is 0.0993. The highest BCUT2D eigenvalue weighted by Gasteiger charge is 2.25. The Morgan fingerprint density at radius 1 is 0.900 bits per heavy atom. The van der Waals surface area contributed by atoms with Crippen LogP contribution in [0.2, 0.25) is 0 Å². The summed E-state index contributed by atoms with van der Waals surface area (Å²) >= 11 is 0. The third-order valence-electron chi connectivity index (χ3n) is 2.94. The smallest absolute Gasteiger partial charge is 0.178 e. The molecule has 108 valence electrons. The zero-order valence-electron chi connectivity index (χ0n) is 10.9. The number of sulfone groups is 2. The SMILES string of the molecule is CS(=O)(=O)c1cc2c(N)cccc2c(N)c1S(C)(=O)=O. The predicted octanol–water partition coefficient (Wildman–Crippen LogP) is 0.811. The van der Waals surface area contributed by atoms with E-state index in [4.69, 9.17) is 11.5 Å². The Morgan fingerprint density at radius 3 is 2.00 bits per heavy atom. The first kappa shape index (κ1) is 14.6. The summed E-state index contributed by atoms with van der Waals surface area (Å²) in [5.74, 6) is 0. The molecule has 0 saturated heterocycles. The fourth-order valence-electron chi connectivity index (χ4n) is 2.09. The Hall–Kier alpha value is -1.80. The van der Waals surface area contributed by atoms with Gasteiger partial charge in [0, 0.05) is 29.0 Å². The number of fused-ring (bicyclic) bond motifs is 1. The summed E-state index contributed by atoms with van der Waals surface area (Å²) in [5, 5.41) is 0.829. The van der Waals surface area contributed by atoms with Gasteiger partial charge in [0.2, 0.25) is 0 Å². The van der Waals surface area contributed by atoms with Gasteiger partial charge in [-0.15, -0.1) is 0 Å². The van der Waals surface area contributed by atoms with Gasteiger partial charge in [0.1, 0.15) is 4.90 Å². The quantitative estimate of drug-likeness (QED) is 0.791. The summed E-state index contributed by atoms with van der Waals surface area (Å²) in [6, 6.07) is 6.07. The maximum Gasteiger partial charge on any atom is 0.178 e. The highest BCUT2D eigenvalue weighted by molar-refractivity contribution is 7.94. The molecule has 2 rings (SSSR count). The molecule has 0 aliphatic heterocycles. The third-order valence-corrected chi connectivity index (χ3v) is 5.38. The molecule has 0 spiro atoms. The van der Waals surface area contributed by atoms with Gasteiger partial charge in [0.05, 0.1) is 10.6 Å². The van der Waals surface area contributed by atoms with Crippen LogP contribution in [0.25, 0.3) is 10.8 Å². The van der Waals surface area contributed by atoms with E-state index in [1.807, 2.05) is 0 Å². The molecule has 0 aliphatic rings. The maximum absolute atomic E-state index is 11.9. The number of hydrogen-bond acceptors (Lipinski definition) is 6. The molecule has 8 heteroatoms. The van der Waals surface area contributed by atoms with Crippen molar-refractivity contribution in [1.82, 2.24) is 0 Å². The van der Waals surface area contributed by atoms with E-state index in [1.165, 1.54) is 6.07 Å². The molecule has 20 heavy (non-hydrogen) atoms. The normalized spacial score (nSPS) is 12.7. The van der Waals surface area contributed by atoms with Crippen molar-refractivity contribution in [2.45, 2.75) is 9.79 Å². The molecule has 0 atom stereocenters. The van der Waals surface area contributed by atoms with Crippen molar-refractivity contribution in [3.05, 3.63) is 24.3 Å². The monoisotopic (exact) mass is 314 g/mol. The molecule has 0 bridgehead atoms. The van der Waals surface area contributed by atoms with Crippen LogP contribution in [-0.2, 0) is 19.7 Å². The summed E-state index contributed by atoms with van der Waals surface area (Å²) in [5.41, 5.74) is 11.9. The van der Waals surface area contributed by atoms with Crippen LogP contribution in [0.5, 0.6) is 0 Å². The Balaban J connectivity index is 3.16. The van der Waals surface area contributed by atoms with Crippen LogP contribution in [-0.4, -0.2) is 29.3 Å². The first-order valence-electron chi connectivity index (χ1n) is 5.54. The summed E-state index contributed by atoms with van der Waals surface area (Å²) in [7, 11) is -7.56. The van der Waals surface area contributed by atoms with Crippen LogP contribution < -0.4 is 11.5 Å². The molecular formula is C12H14N2O4S2. The molecule has 0 unspecified atom stereocenters. The van der Waals surface area contributed by atoms with E-state index in [2.05, 4.69) is 0 Å². The minimum atomic E-state index is -3.80. The first-order valence-corrected chi connectivity index (χ1v) is 9.32.